The molecule has 2 aliphatic carbocycles. The Morgan fingerprint density at radius 3 is 2.31 bits per heavy atom. The van der Waals surface area contributed by atoms with Crippen molar-refractivity contribution in [2.24, 2.45) is 11.8 Å². The number of hydrogen-bond donors (Lipinski definition) is 1. The normalized spacial score (nSPS) is 27.5. The van der Waals surface area contributed by atoms with Crippen LogP contribution in [0.2, 0.25) is 0 Å². The zero-order chi connectivity index (χ0) is 9.10. The third kappa shape index (κ3) is 2.46. The fraction of sp³-hybridized carbons (Fsp3) is 1.00. The van der Waals surface area contributed by atoms with Crippen LogP contribution < -0.4 is 5.32 Å². The lowest BCUT2D eigenvalue weighted by molar-refractivity contribution is 0.234. The van der Waals surface area contributed by atoms with Crippen LogP contribution >= 0.6 is 0 Å². The van der Waals surface area contributed by atoms with Crippen LogP contribution in [0, 0.1) is 11.8 Å². The van der Waals surface area contributed by atoms with Crippen molar-refractivity contribution in [3.05, 3.63) is 0 Å². The van der Waals surface area contributed by atoms with Gasteiger partial charge in [-0.3, -0.25) is 0 Å². The maximum Gasteiger partial charge on any atom is 0.00671 e. The van der Waals surface area contributed by atoms with Crippen molar-refractivity contribution in [1.29, 1.82) is 0 Å². The van der Waals surface area contributed by atoms with Gasteiger partial charge >= 0.3 is 0 Å². The molecule has 0 spiro atoms. The largest absolute Gasteiger partial charge is 0.314 e. The van der Waals surface area contributed by atoms with Crippen LogP contribution in [0.15, 0.2) is 0 Å². The van der Waals surface area contributed by atoms with E-state index in [1.54, 1.807) is 0 Å². The molecule has 1 heteroatoms. The molecule has 2 saturated carbocycles. The van der Waals surface area contributed by atoms with Gasteiger partial charge in [-0.05, 0) is 51.0 Å². The van der Waals surface area contributed by atoms with Gasteiger partial charge < -0.3 is 5.32 Å². The van der Waals surface area contributed by atoms with Crippen LogP contribution in [0.25, 0.3) is 0 Å². The molecule has 0 aromatic rings. The van der Waals surface area contributed by atoms with E-state index < -0.39 is 0 Å². The third-order valence-electron chi connectivity index (χ3n) is 4.06. The lowest BCUT2D eigenvalue weighted by Crippen LogP contribution is -2.39. The van der Waals surface area contributed by atoms with Crippen LogP contribution in [-0.2, 0) is 0 Å². The Bertz CT molecular complexity index is 145. The fourth-order valence-corrected chi connectivity index (χ4v) is 2.67. The Labute approximate surface area is 82.3 Å². The molecular weight excluding hydrogens is 158 g/mol. The number of nitrogens with one attached hydrogen (secondary N) is 1. The molecule has 0 saturated heterocycles. The van der Waals surface area contributed by atoms with E-state index in [4.69, 9.17) is 0 Å². The third-order valence-corrected chi connectivity index (χ3v) is 4.06. The Balaban J connectivity index is 1.60. The highest BCUT2D eigenvalue weighted by Gasteiger charge is 2.24. The second kappa shape index (κ2) is 4.45. The summed E-state index contributed by atoms with van der Waals surface area (Å²) in [5.74, 6) is 2.00. The van der Waals surface area contributed by atoms with E-state index in [1.807, 2.05) is 0 Å². The molecule has 2 aliphatic rings. The average molecular weight is 181 g/mol. The number of rotatable bonds is 4. The molecule has 13 heavy (non-hydrogen) atoms. The van der Waals surface area contributed by atoms with Gasteiger partial charge in [-0.1, -0.05) is 19.3 Å². The Morgan fingerprint density at radius 2 is 1.77 bits per heavy atom. The summed E-state index contributed by atoms with van der Waals surface area (Å²) in [5.41, 5.74) is 0. The second-order valence-electron chi connectivity index (χ2n) is 5.04. The van der Waals surface area contributed by atoms with Crippen LogP contribution in [0.5, 0.6) is 0 Å². The molecule has 0 aliphatic heterocycles. The van der Waals surface area contributed by atoms with Crippen molar-refractivity contribution in [3.8, 4) is 0 Å². The van der Waals surface area contributed by atoms with Gasteiger partial charge in [0.25, 0.3) is 0 Å². The van der Waals surface area contributed by atoms with Gasteiger partial charge in [0.2, 0.25) is 0 Å². The smallest absolute Gasteiger partial charge is 0.00671 e. The molecule has 0 amide bonds. The predicted molar refractivity (Wildman–Crippen MR) is 56.8 cm³/mol. The van der Waals surface area contributed by atoms with Gasteiger partial charge in [0.15, 0.2) is 0 Å². The van der Waals surface area contributed by atoms with Crippen LogP contribution in [0.1, 0.15) is 51.9 Å². The average Bonchev–Trinajstić information content (AvgIpc) is 2.49. The summed E-state index contributed by atoms with van der Waals surface area (Å²) in [7, 11) is 0. The minimum atomic E-state index is 0.786. The van der Waals surface area contributed by atoms with Crippen molar-refractivity contribution in [1.82, 2.24) is 5.32 Å². The quantitative estimate of drug-likeness (QED) is 0.703. The highest BCUT2D eigenvalue weighted by atomic mass is 14.9. The van der Waals surface area contributed by atoms with E-state index in [0.29, 0.717) is 0 Å². The summed E-state index contributed by atoms with van der Waals surface area (Å²) in [6.07, 6.45) is 10.3. The standard InChI is InChI=1S/C12H23N/c1-10(12-7-4-8-12)13-9-11-5-2-3-6-11/h10-13H,2-9H2,1H3. The first-order valence-corrected chi connectivity index (χ1v) is 6.09. The zero-order valence-corrected chi connectivity index (χ0v) is 8.89. The molecule has 2 rings (SSSR count). The number of hydrogen-bond acceptors (Lipinski definition) is 1. The zero-order valence-electron chi connectivity index (χ0n) is 8.89. The van der Waals surface area contributed by atoms with Gasteiger partial charge in [-0.25, -0.2) is 0 Å². The molecule has 0 radical (unpaired) electrons. The minimum absolute atomic E-state index is 0.786. The molecule has 0 aromatic heterocycles. The summed E-state index contributed by atoms with van der Waals surface area (Å²) >= 11 is 0. The molecule has 1 nitrogen and oxygen atoms in total. The van der Waals surface area contributed by atoms with E-state index in [1.165, 1.54) is 51.5 Å². The Hall–Kier alpha value is -0.0400. The Morgan fingerprint density at radius 1 is 1.08 bits per heavy atom. The van der Waals surface area contributed by atoms with E-state index in [-0.39, 0.29) is 0 Å². The van der Waals surface area contributed by atoms with E-state index in [0.717, 1.165) is 17.9 Å². The van der Waals surface area contributed by atoms with Gasteiger partial charge in [0, 0.05) is 6.04 Å². The summed E-state index contributed by atoms with van der Waals surface area (Å²) in [4.78, 5) is 0. The first kappa shape index (κ1) is 9.51. The maximum absolute atomic E-state index is 3.73. The van der Waals surface area contributed by atoms with Crippen molar-refractivity contribution in [2.75, 3.05) is 6.54 Å². The highest BCUT2D eigenvalue weighted by molar-refractivity contribution is 4.80. The first-order chi connectivity index (χ1) is 6.36. The van der Waals surface area contributed by atoms with Crippen LogP contribution in [-0.4, -0.2) is 12.6 Å². The van der Waals surface area contributed by atoms with E-state index in [2.05, 4.69) is 12.2 Å². The molecule has 0 heterocycles. The molecule has 76 valence electrons. The van der Waals surface area contributed by atoms with Gasteiger partial charge in [0.1, 0.15) is 0 Å². The molecule has 1 N–H and O–H groups in total. The summed E-state index contributed by atoms with van der Waals surface area (Å²) in [5, 5.41) is 3.73. The Kier molecular flexibility index (Phi) is 3.26. The fourth-order valence-electron chi connectivity index (χ4n) is 2.67. The lowest BCUT2D eigenvalue weighted by atomic mass is 9.80. The maximum atomic E-state index is 3.73. The van der Waals surface area contributed by atoms with Crippen molar-refractivity contribution in [3.63, 3.8) is 0 Å². The monoisotopic (exact) mass is 181 g/mol. The van der Waals surface area contributed by atoms with Crippen molar-refractivity contribution >= 4 is 0 Å². The van der Waals surface area contributed by atoms with Crippen molar-refractivity contribution in [2.45, 2.75) is 57.9 Å². The van der Waals surface area contributed by atoms with Gasteiger partial charge in [0.05, 0.1) is 0 Å². The summed E-state index contributed by atoms with van der Waals surface area (Å²) in [6.45, 7) is 3.66. The molecule has 0 aromatic carbocycles. The molecular formula is C12H23N. The van der Waals surface area contributed by atoms with Gasteiger partial charge in [-0.2, -0.15) is 0 Å². The lowest BCUT2D eigenvalue weighted by Gasteiger charge is -2.32. The predicted octanol–water partition coefficient (Wildman–Crippen LogP) is 2.95. The minimum Gasteiger partial charge on any atom is -0.314 e. The van der Waals surface area contributed by atoms with Crippen LogP contribution in [0.4, 0.5) is 0 Å². The summed E-state index contributed by atoms with van der Waals surface area (Å²) in [6, 6.07) is 0.786. The molecule has 1 unspecified atom stereocenters. The SMILES string of the molecule is CC(NCC1CCCC1)C1CCC1. The molecule has 1 atom stereocenters. The second-order valence-corrected chi connectivity index (χ2v) is 5.04. The van der Waals surface area contributed by atoms with Crippen molar-refractivity contribution < 1.29 is 0 Å². The van der Waals surface area contributed by atoms with E-state index in [9.17, 15) is 0 Å². The highest BCUT2D eigenvalue weighted by Crippen LogP contribution is 2.30. The summed E-state index contributed by atoms with van der Waals surface area (Å²) < 4.78 is 0. The molecule has 2 fully saturated rings. The van der Waals surface area contributed by atoms with Gasteiger partial charge in [-0.15, -0.1) is 0 Å². The topological polar surface area (TPSA) is 12.0 Å². The first-order valence-electron chi connectivity index (χ1n) is 6.09. The van der Waals surface area contributed by atoms with E-state index >= 15 is 0 Å². The molecule has 0 bridgehead atoms. The van der Waals surface area contributed by atoms with Crippen LogP contribution in [0.3, 0.4) is 0 Å².